The number of hydrogen-bond donors (Lipinski definition) is 1. The SMILES string of the molecule is CCCC(=O)NCCn1nc(C)cc1C. The number of nitrogens with one attached hydrogen (secondary N) is 1. The standard InChI is InChI=1S/C11H19N3O/c1-4-5-11(15)12-6-7-14-10(3)8-9(2)13-14/h8H,4-7H2,1-3H3,(H,12,15). The molecule has 1 aromatic rings. The highest BCUT2D eigenvalue weighted by Gasteiger charge is 2.01. The van der Waals surface area contributed by atoms with E-state index in [-0.39, 0.29) is 5.91 Å². The first-order valence-electron chi connectivity index (χ1n) is 5.41. The Balaban J connectivity index is 2.31. The molecule has 1 N–H and O–H groups in total. The van der Waals surface area contributed by atoms with Crippen LogP contribution in [-0.2, 0) is 11.3 Å². The topological polar surface area (TPSA) is 46.9 Å². The maximum Gasteiger partial charge on any atom is 0.220 e. The summed E-state index contributed by atoms with van der Waals surface area (Å²) in [5.41, 5.74) is 2.16. The summed E-state index contributed by atoms with van der Waals surface area (Å²) < 4.78 is 1.92. The largest absolute Gasteiger partial charge is 0.354 e. The van der Waals surface area contributed by atoms with E-state index in [4.69, 9.17) is 0 Å². The maximum absolute atomic E-state index is 11.2. The average Bonchev–Trinajstić information content (AvgIpc) is 2.46. The number of hydrogen-bond acceptors (Lipinski definition) is 2. The van der Waals surface area contributed by atoms with Crippen LogP contribution in [0.15, 0.2) is 6.07 Å². The molecule has 0 radical (unpaired) electrons. The first kappa shape index (κ1) is 11.8. The number of nitrogens with zero attached hydrogens (tertiary/aromatic N) is 2. The van der Waals surface area contributed by atoms with Crippen molar-refractivity contribution in [2.75, 3.05) is 6.54 Å². The lowest BCUT2D eigenvalue weighted by atomic mass is 10.3. The van der Waals surface area contributed by atoms with Crippen molar-refractivity contribution in [3.05, 3.63) is 17.5 Å². The predicted molar refractivity (Wildman–Crippen MR) is 59.6 cm³/mol. The minimum atomic E-state index is 0.124. The van der Waals surface area contributed by atoms with E-state index in [2.05, 4.69) is 10.4 Å². The minimum absolute atomic E-state index is 0.124. The molecule has 0 bridgehead atoms. The van der Waals surface area contributed by atoms with Crippen molar-refractivity contribution in [3.8, 4) is 0 Å². The van der Waals surface area contributed by atoms with Gasteiger partial charge in [-0.25, -0.2) is 0 Å². The second kappa shape index (κ2) is 5.53. The van der Waals surface area contributed by atoms with Gasteiger partial charge < -0.3 is 5.32 Å². The number of aryl methyl sites for hydroxylation is 2. The maximum atomic E-state index is 11.2. The third kappa shape index (κ3) is 3.73. The molecular weight excluding hydrogens is 190 g/mol. The predicted octanol–water partition coefficient (Wildman–Crippen LogP) is 1.42. The van der Waals surface area contributed by atoms with Crippen molar-refractivity contribution in [2.24, 2.45) is 0 Å². The highest BCUT2D eigenvalue weighted by atomic mass is 16.1. The van der Waals surface area contributed by atoms with Gasteiger partial charge in [0.15, 0.2) is 0 Å². The smallest absolute Gasteiger partial charge is 0.220 e. The van der Waals surface area contributed by atoms with Crippen molar-refractivity contribution >= 4 is 5.91 Å². The summed E-state index contributed by atoms with van der Waals surface area (Å²) in [6.07, 6.45) is 1.50. The van der Waals surface area contributed by atoms with E-state index in [0.717, 1.165) is 24.4 Å². The zero-order valence-corrected chi connectivity index (χ0v) is 9.71. The van der Waals surface area contributed by atoms with E-state index in [1.165, 1.54) is 0 Å². The van der Waals surface area contributed by atoms with Crippen LogP contribution in [-0.4, -0.2) is 22.2 Å². The Labute approximate surface area is 90.7 Å². The van der Waals surface area contributed by atoms with Gasteiger partial charge in [-0.05, 0) is 26.3 Å². The van der Waals surface area contributed by atoms with E-state index in [1.807, 2.05) is 31.5 Å². The molecule has 1 heterocycles. The second-order valence-corrected chi connectivity index (χ2v) is 3.75. The summed E-state index contributed by atoms with van der Waals surface area (Å²) in [4.78, 5) is 11.2. The van der Waals surface area contributed by atoms with Crippen molar-refractivity contribution in [1.29, 1.82) is 0 Å². The van der Waals surface area contributed by atoms with Crippen LogP contribution in [0.5, 0.6) is 0 Å². The molecular formula is C11H19N3O. The zero-order valence-electron chi connectivity index (χ0n) is 9.71. The fourth-order valence-electron chi connectivity index (χ4n) is 1.52. The molecule has 4 nitrogen and oxygen atoms in total. The molecule has 0 aliphatic heterocycles. The highest BCUT2D eigenvalue weighted by Crippen LogP contribution is 2.00. The van der Waals surface area contributed by atoms with Crippen LogP contribution < -0.4 is 5.32 Å². The fraction of sp³-hybridized carbons (Fsp3) is 0.636. The molecule has 1 aromatic heterocycles. The Kier molecular flexibility index (Phi) is 4.34. The van der Waals surface area contributed by atoms with Gasteiger partial charge in [0.05, 0.1) is 12.2 Å². The number of carbonyl (C=O) groups excluding carboxylic acids is 1. The van der Waals surface area contributed by atoms with Crippen molar-refractivity contribution in [1.82, 2.24) is 15.1 Å². The van der Waals surface area contributed by atoms with Gasteiger partial charge in [0, 0.05) is 18.7 Å². The average molecular weight is 209 g/mol. The van der Waals surface area contributed by atoms with Gasteiger partial charge in [0.1, 0.15) is 0 Å². The third-order valence-electron chi connectivity index (χ3n) is 2.23. The van der Waals surface area contributed by atoms with Gasteiger partial charge in [-0.1, -0.05) is 6.92 Å². The van der Waals surface area contributed by atoms with E-state index in [9.17, 15) is 4.79 Å². The normalized spacial score (nSPS) is 10.3. The van der Waals surface area contributed by atoms with E-state index >= 15 is 0 Å². The Morgan fingerprint density at radius 2 is 2.27 bits per heavy atom. The monoisotopic (exact) mass is 209 g/mol. The van der Waals surface area contributed by atoms with Gasteiger partial charge in [0.25, 0.3) is 0 Å². The lowest BCUT2D eigenvalue weighted by Gasteiger charge is -2.06. The van der Waals surface area contributed by atoms with Gasteiger partial charge in [-0.2, -0.15) is 5.10 Å². The Morgan fingerprint density at radius 1 is 1.53 bits per heavy atom. The molecule has 84 valence electrons. The van der Waals surface area contributed by atoms with E-state index < -0.39 is 0 Å². The Morgan fingerprint density at radius 3 is 2.80 bits per heavy atom. The van der Waals surface area contributed by atoms with Crippen molar-refractivity contribution in [3.63, 3.8) is 0 Å². The molecule has 0 aliphatic rings. The van der Waals surface area contributed by atoms with Crippen LogP contribution in [0.25, 0.3) is 0 Å². The summed E-state index contributed by atoms with van der Waals surface area (Å²) in [6.45, 7) is 7.39. The van der Waals surface area contributed by atoms with Crippen LogP contribution in [0.3, 0.4) is 0 Å². The molecule has 1 amide bonds. The molecule has 0 unspecified atom stereocenters. The minimum Gasteiger partial charge on any atom is -0.354 e. The molecule has 15 heavy (non-hydrogen) atoms. The molecule has 4 heteroatoms. The lowest BCUT2D eigenvalue weighted by Crippen LogP contribution is -2.27. The van der Waals surface area contributed by atoms with Crippen LogP contribution in [0.2, 0.25) is 0 Å². The number of rotatable bonds is 5. The fourth-order valence-corrected chi connectivity index (χ4v) is 1.52. The molecule has 0 aromatic carbocycles. The number of carbonyl (C=O) groups is 1. The highest BCUT2D eigenvalue weighted by molar-refractivity contribution is 5.75. The molecule has 0 aliphatic carbocycles. The zero-order chi connectivity index (χ0) is 11.3. The molecule has 1 rings (SSSR count). The van der Waals surface area contributed by atoms with E-state index in [0.29, 0.717) is 13.0 Å². The van der Waals surface area contributed by atoms with Crippen LogP contribution in [0.1, 0.15) is 31.2 Å². The summed E-state index contributed by atoms with van der Waals surface area (Å²) >= 11 is 0. The summed E-state index contributed by atoms with van der Waals surface area (Å²) in [5.74, 6) is 0.124. The first-order valence-corrected chi connectivity index (χ1v) is 5.41. The van der Waals surface area contributed by atoms with Crippen LogP contribution in [0.4, 0.5) is 0 Å². The van der Waals surface area contributed by atoms with Gasteiger partial charge in [0.2, 0.25) is 5.91 Å². The Bertz CT molecular complexity index is 331. The number of aromatic nitrogens is 2. The second-order valence-electron chi connectivity index (χ2n) is 3.75. The lowest BCUT2D eigenvalue weighted by molar-refractivity contribution is -0.121. The third-order valence-corrected chi connectivity index (χ3v) is 2.23. The Hall–Kier alpha value is -1.32. The first-order chi connectivity index (χ1) is 7.13. The molecule has 0 spiro atoms. The molecule has 0 saturated carbocycles. The quantitative estimate of drug-likeness (QED) is 0.797. The summed E-state index contributed by atoms with van der Waals surface area (Å²) in [6, 6.07) is 2.04. The van der Waals surface area contributed by atoms with Crippen LogP contribution >= 0.6 is 0 Å². The molecule has 0 fully saturated rings. The number of amides is 1. The van der Waals surface area contributed by atoms with Gasteiger partial charge in [-0.15, -0.1) is 0 Å². The summed E-state index contributed by atoms with van der Waals surface area (Å²) in [7, 11) is 0. The van der Waals surface area contributed by atoms with Gasteiger partial charge >= 0.3 is 0 Å². The molecule has 0 saturated heterocycles. The van der Waals surface area contributed by atoms with Crippen LogP contribution in [0, 0.1) is 13.8 Å². The van der Waals surface area contributed by atoms with Gasteiger partial charge in [-0.3, -0.25) is 9.48 Å². The van der Waals surface area contributed by atoms with Crippen molar-refractivity contribution < 1.29 is 4.79 Å². The molecule has 0 atom stereocenters. The summed E-state index contributed by atoms with van der Waals surface area (Å²) in [5, 5.41) is 7.19. The van der Waals surface area contributed by atoms with Crippen molar-refractivity contribution in [2.45, 2.75) is 40.2 Å². The van der Waals surface area contributed by atoms with E-state index in [1.54, 1.807) is 0 Å².